The maximum absolute atomic E-state index is 13.7. The molecule has 2 aliphatic heterocycles. The number of phosphoric ester groups is 1. The van der Waals surface area contributed by atoms with Crippen LogP contribution in [0.3, 0.4) is 0 Å². The summed E-state index contributed by atoms with van der Waals surface area (Å²) in [5.74, 6) is -3.22. The number of aliphatic hydroxyl groups excluding tert-OH is 1. The smallest absolute Gasteiger partial charge is 0.476 e. The summed E-state index contributed by atoms with van der Waals surface area (Å²) in [6, 6.07) is 15.7. The van der Waals surface area contributed by atoms with Gasteiger partial charge in [0, 0.05) is 5.92 Å². The van der Waals surface area contributed by atoms with E-state index in [0.29, 0.717) is 0 Å². The Morgan fingerprint density at radius 2 is 1.50 bits per heavy atom. The average Bonchev–Trinajstić information content (AvgIpc) is 2.97. The molecule has 9 nitrogen and oxygen atoms in total. The van der Waals surface area contributed by atoms with Crippen molar-refractivity contribution in [3.8, 4) is 11.5 Å². The van der Waals surface area contributed by atoms with Crippen molar-refractivity contribution < 1.29 is 37.9 Å². The van der Waals surface area contributed by atoms with Gasteiger partial charge in [-0.05, 0) is 31.2 Å². The molecule has 0 spiro atoms. The Labute approximate surface area is 184 Å². The van der Waals surface area contributed by atoms with Gasteiger partial charge in [0.1, 0.15) is 17.3 Å². The Balaban J connectivity index is 1.71. The number of phosphoric acid groups is 1. The SMILES string of the molecule is CC(O)[C@H]1C(=O)N2C(C(=O)O)=C(OP(=O)(Oc3ccccc3)Oc3ccccc3)[C@H](C)[C@@H]12. The zero-order valence-corrected chi connectivity index (χ0v) is 18.2. The number of carboxylic acids is 1. The molecule has 0 aliphatic carbocycles. The molecule has 2 N–H and O–H groups in total. The van der Waals surface area contributed by atoms with E-state index >= 15 is 0 Å². The zero-order valence-electron chi connectivity index (χ0n) is 17.3. The van der Waals surface area contributed by atoms with Gasteiger partial charge in [-0.25, -0.2) is 4.79 Å². The van der Waals surface area contributed by atoms with Crippen LogP contribution in [-0.4, -0.2) is 39.1 Å². The number of hydrogen-bond donors (Lipinski definition) is 2. The van der Waals surface area contributed by atoms with Crippen LogP contribution in [0.2, 0.25) is 0 Å². The molecule has 0 saturated carbocycles. The predicted octanol–water partition coefficient (Wildman–Crippen LogP) is 3.42. The van der Waals surface area contributed by atoms with Gasteiger partial charge in [-0.15, -0.1) is 0 Å². The molecule has 0 aromatic heterocycles. The number of carbonyl (C=O) groups is 2. The Bertz CT molecular complexity index is 1060. The number of rotatable bonds is 8. The van der Waals surface area contributed by atoms with Gasteiger partial charge in [0.2, 0.25) is 5.91 Å². The van der Waals surface area contributed by atoms with E-state index in [1.807, 2.05) is 0 Å². The molecule has 0 bridgehead atoms. The zero-order chi connectivity index (χ0) is 23.0. The van der Waals surface area contributed by atoms with E-state index in [2.05, 4.69) is 0 Å². The molecule has 2 heterocycles. The Hall–Kier alpha value is -3.29. The summed E-state index contributed by atoms with van der Waals surface area (Å²) in [6.07, 6.45) is -0.978. The molecule has 2 aliphatic rings. The van der Waals surface area contributed by atoms with Crippen molar-refractivity contribution >= 4 is 19.7 Å². The number of carbonyl (C=O) groups excluding carboxylic acids is 1. The fraction of sp³-hybridized carbons (Fsp3) is 0.273. The molecule has 1 saturated heterocycles. The van der Waals surface area contributed by atoms with Crippen molar-refractivity contribution in [2.75, 3.05) is 0 Å². The first-order chi connectivity index (χ1) is 15.2. The van der Waals surface area contributed by atoms with Crippen LogP contribution in [0.4, 0.5) is 0 Å². The van der Waals surface area contributed by atoms with Crippen molar-refractivity contribution in [3.63, 3.8) is 0 Å². The molecule has 168 valence electrons. The van der Waals surface area contributed by atoms with Crippen LogP contribution in [-0.2, 0) is 18.7 Å². The van der Waals surface area contributed by atoms with Crippen molar-refractivity contribution in [1.29, 1.82) is 0 Å². The molecule has 2 aromatic rings. The molecule has 1 fully saturated rings. The summed E-state index contributed by atoms with van der Waals surface area (Å²) in [4.78, 5) is 25.6. The van der Waals surface area contributed by atoms with Crippen molar-refractivity contribution in [3.05, 3.63) is 72.1 Å². The molecule has 1 unspecified atom stereocenters. The first-order valence-corrected chi connectivity index (χ1v) is 11.5. The Morgan fingerprint density at radius 1 is 1.00 bits per heavy atom. The van der Waals surface area contributed by atoms with E-state index in [0.717, 1.165) is 4.90 Å². The second-order valence-corrected chi connectivity index (χ2v) is 9.06. The lowest BCUT2D eigenvalue weighted by Crippen LogP contribution is -2.63. The number of aliphatic hydroxyl groups is 1. The molecule has 1 amide bonds. The number of para-hydroxylation sites is 2. The summed E-state index contributed by atoms with van der Waals surface area (Å²) < 4.78 is 30.5. The molecule has 4 atom stereocenters. The molecule has 2 aromatic carbocycles. The summed E-state index contributed by atoms with van der Waals surface area (Å²) in [7, 11) is -4.44. The second kappa shape index (κ2) is 8.33. The van der Waals surface area contributed by atoms with E-state index in [1.54, 1.807) is 67.6 Å². The van der Waals surface area contributed by atoms with Crippen LogP contribution in [0.15, 0.2) is 72.1 Å². The predicted molar refractivity (Wildman–Crippen MR) is 112 cm³/mol. The van der Waals surface area contributed by atoms with Crippen molar-refractivity contribution in [2.45, 2.75) is 26.0 Å². The van der Waals surface area contributed by atoms with Crippen LogP contribution in [0.25, 0.3) is 0 Å². The summed E-state index contributed by atoms with van der Waals surface area (Å²) in [5, 5.41) is 19.8. The fourth-order valence-electron chi connectivity index (χ4n) is 4.04. The van der Waals surface area contributed by atoms with E-state index in [-0.39, 0.29) is 17.3 Å². The minimum atomic E-state index is -4.44. The van der Waals surface area contributed by atoms with Crippen LogP contribution in [0.1, 0.15) is 13.8 Å². The minimum Gasteiger partial charge on any atom is -0.476 e. The highest BCUT2D eigenvalue weighted by Gasteiger charge is 2.62. The number of fused-ring (bicyclic) bond motifs is 1. The molecule has 4 rings (SSSR count). The number of benzene rings is 2. The maximum Gasteiger partial charge on any atom is 0.646 e. The van der Waals surface area contributed by atoms with Gasteiger partial charge < -0.3 is 23.8 Å². The molecule has 32 heavy (non-hydrogen) atoms. The Kier molecular flexibility index (Phi) is 5.71. The molecular weight excluding hydrogens is 437 g/mol. The second-order valence-electron chi connectivity index (χ2n) is 7.62. The van der Waals surface area contributed by atoms with E-state index < -0.39 is 49.4 Å². The molecule has 0 radical (unpaired) electrons. The van der Waals surface area contributed by atoms with Gasteiger partial charge in [-0.1, -0.05) is 43.3 Å². The Morgan fingerprint density at radius 3 is 1.94 bits per heavy atom. The first-order valence-electron chi connectivity index (χ1n) is 9.99. The van der Waals surface area contributed by atoms with Gasteiger partial charge in [0.25, 0.3) is 0 Å². The minimum absolute atomic E-state index is 0.191. The lowest BCUT2D eigenvalue weighted by atomic mass is 9.79. The largest absolute Gasteiger partial charge is 0.646 e. The summed E-state index contributed by atoms with van der Waals surface area (Å²) in [6.45, 7) is 3.11. The third-order valence-corrected chi connectivity index (χ3v) is 6.73. The quantitative estimate of drug-likeness (QED) is 0.455. The van der Waals surface area contributed by atoms with Gasteiger partial charge in [0.05, 0.1) is 18.1 Å². The van der Waals surface area contributed by atoms with Crippen molar-refractivity contribution in [2.24, 2.45) is 11.8 Å². The van der Waals surface area contributed by atoms with E-state index in [9.17, 15) is 24.4 Å². The number of β-lactam (4-membered cyclic amide) rings is 1. The van der Waals surface area contributed by atoms with Gasteiger partial charge in [-0.2, -0.15) is 4.57 Å². The highest BCUT2D eigenvalue weighted by atomic mass is 31.2. The number of aliphatic carboxylic acids is 1. The standard InChI is InChI=1S/C22H22NO8P/c1-13-18-17(14(2)24)21(25)23(18)19(22(26)27)20(13)31-32(28,29-15-9-5-3-6-10-15)30-16-11-7-4-8-12-16/h3-14,17-18,24H,1-2H3,(H,26,27)/t13-,14?,17-,18+/m1/s1. The topological polar surface area (TPSA) is 123 Å². The van der Waals surface area contributed by atoms with Crippen LogP contribution >= 0.6 is 7.82 Å². The van der Waals surface area contributed by atoms with Gasteiger partial charge in [-0.3, -0.25) is 9.69 Å². The van der Waals surface area contributed by atoms with Crippen LogP contribution in [0, 0.1) is 11.8 Å². The summed E-state index contributed by atoms with van der Waals surface area (Å²) in [5.41, 5.74) is -0.432. The lowest BCUT2D eigenvalue weighted by Gasteiger charge is -2.45. The van der Waals surface area contributed by atoms with E-state index in [4.69, 9.17) is 13.6 Å². The first kappa shape index (κ1) is 21.9. The molecule has 10 heteroatoms. The summed E-state index contributed by atoms with van der Waals surface area (Å²) >= 11 is 0. The number of nitrogens with zero attached hydrogens (tertiary/aromatic N) is 1. The maximum atomic E-state index is 13.7. The molecular formula is C22H22NO8P. The number of carboxylic acid groups (broad SMARTS) is 1. The number of amides is 1. The number of hydrogen-bond acceptors (Lipinski definition) is 7. The van der Waals surface area contributed by atoms with Crippen LogP contribution < -0.4 is 9.05 Å². The van der Waals surface area contributed by atoms with Gasteiger partial charge in [0.15, 0.2) is 5.70 Å². The highest BCUT2D eigenvalue weighted by Crippen LogP contribution is 2.56. The van der Waals surface area contributed by atoms with E-state index in [1.165, 1.54) is 6.92 Å². The fourth-order valence-corrected chi connectivity index (χ4v) is 5.40. The third-order valence-electron chi connectivity index (χ3n) is 5.44. The third kappa shape index (κ3) is 3.85. The lowest BCUT2D eigenvalue weighted by molar-refractivity contribution is -0.163. The van der Waals surface area contributed by atoms with Crippen molar-refractivity contribution in [1.82, 2.24) is 4.90 Å². The van der Waals surface area contributed by atoms with Gasteiger partial charge >= 0.3 is 13.8 Å². The average molecular weight is 459 g/mol. The highest BCUT2D eigenvalue weighted by molar-refractivity contribution is 7.49. The van der Waals surface area contributed by atoms with Crippen LogP contribution in [0.5, 0.6) is 11.5 Å². The monoisotopic (exact) mass is 459 g/mol. The normalized spacial score (nSPS) is 23.3.